The van der Waals surface area contributed by atoms with E-state index in [4.69, 9.17) is 47.4 Å². The van der Waals surface area contributed by atoms with Crippen LogP contribution in [0.4, 0.5) is 0 Å². The molecule has 0 amide bonds. The number of hydrogen-bond donors (Lipinski definition) is 0. The smallest absolute Gasteiger partial charge is 0.726 e. The van der Waals surface area contributed by atoms with Crippen LogP contribution in [0, 0.1) is 11.3 Å². The maximum Gasteiger partial charge on any atom is 1.00 e. The largest absolute Gasteiger partial charge is 1.00 e. The Morgan fingerprint density at radius 1 is 0.201 bits per heavy atom. The van der Waals surface area contributed by atoms with Crippen LogP contribution in [-0.4, -0.2) is 401 Å². The molecule has 5 fully saturated rings. The van der Waals surface area contributed by atoms with Gasteiger partial charge in [-0.1, -0.05) is 27.7 Å². The summed E-state index contributed by atoms with van der Waals surface area (Å²) in [5.74, 6) is -0.988. The van der Waals surface area contributed by atoms with Gasteiger partial charge in [0.05, 0.1) is 39.6 Å². The molecule has 144 heavy (non-hydrogen) atoms. The number of hydrogen-bond acceptors (Lipinski definition) is 74. The molecule has 106 heteroatoms. The van der Waals surface area contributed by atoms with E-state index in [1.165, 1.54) is 27.7 Å². The maximum absolute atomic E-state index is 13.2. The Hall–Kier alpha value is 13.5. The van der Waals surface area contributed by atoms with Gasteiger partial charge in [-0.25, -0.2) is 135 Å². The van der Waals surface area contributed by atoms with Gasteiger partial charge in [-0.2, -0.15) is 0 Å². The Balaban J connectivity index is -0.00000109. The predicted octanol–water partition coefficient (Wildman–Crippen LogP) is -65.0. The third kappa shape index (κ3) is 73.7. The van der Waals surface area contributed by atoms with Gasteiger partial charge in [0.15, 0.2) is 62.0 Å². The average Bonchev–Trinajstić information content (AvgIpc) is 0.746. The van der Waals surface area contributed by atoms with E-state index in [1.807, 2.05) is 0 Å². The van der Waals surface area contributed by atoms with Crippen molar-refractivity contribution in [2.75, 3.05) is 39.6 Å². The molecule has 5 heterocycles. The van der Waals surface area contributed by atoms with Gasteiger partial charge in [-0.15, -0.1) is 0 Å². The van der Waals surface area contributed by atoms with Crippen molar-refractivity contribution in [1.82, 2.24) is 0 Å². The zero-order chi connectivity index (χ0) is 98.8. The Kier molecular flexibility index (Phi) is 93.4. The van der Waals surface area contributed by atoms with Crippen LogP contribution >= 0.6 is 0 Å². The van der Waals surface area contributed by atoms with E-state index < -0.39 is 371 Å². The van der Waals surface area contributed by atoms with Crippen LogP contribution in [0.2, 0.25) is 0 Å². The van der Waals surface area contributed by atoms with Crippen LogP contribution in [0.25, 0.3) is 0 Å². The fourth-order valence-corrected chi connectivity index (χ4v) is 18.6. The summed E-state index contributed by atoms with van der Waals surface area (Å²) in [7, 11) is -111. The zero-order valence-corrected chi connectivity index (χ0v) is 122. The predicted molar refractivity (Wildman–Crippen MR) is 341 cm³/mol. The molecule has 760 valence electrons. The van der Waals surface area contributed by atoms with Crippen molar-refractivity contribution in [1.29, 1.82) is 0 Å². The molecular weight excluding hydrogens is 2520 g/mol. The van der Waals surface area contributed by atoms with E-state index in [-0.39, 0.29) is 479 Å². The normalized spacial score (nSPS) is 28.8. The van der Waals surface area contributed by atoms with Crippen LogP contribution in [0.1, 0.15) is 34.1 Å². The first-order chi connectivity index (χ1) is 56.9. The van der Waals surface area contributed by atoms with Gasteiger partial charge in [-0.3, -0.25) is 66.9 Å². The summed E-state index contributed by atoms with van der Waals surface area (Å²) in [6.07, 6.45) is -101. The Labute approximate surface area is 1180 Å². The second-order valence-corrected chi connectivity index (χ2v) is 42.3. The summed E-state index contributed by atoms with van der Waals surface area (Å²) in [5, 5.41) is 0. The first-order valence-electron chi connectivity index (χ1n) is 31.4. The quantitative estimate of drug-likeness (QED) is 0.0310. The van der Waals surface area contributed by atoms with E-state index in [9.17, 15) is 208 Å². The SMILES string of the molecule is CC(COC1O[C@H](COS(=O)(=O)[O-])[C@@H](OS(=O)(=O)[O-])[C@H](O[C@@H]2O[C@H](COS(=O)(=O)[O-])[C@@H](OS(=O)(=O)[O-])[C@H](O[C@@H]3O[C@H](COS(=O)(=O)[O-])[C@@H](OS(=O)(=O)[O-])[C@H](O[C@@H]4O[C@H](COS(=O)(=O)[O-])[C@@H](OS(=O)(=O)[O-])[C@H](O[C@@H]5O[C@H](COS(=O)(=O)[O-])[C@@H](OS(=O)(=O)[O-])[C@H](OS(=O)(=O)[O-])[C@H]5OS(=O)(=O)[O-])[C@H]4OS(=O)(=O)[O-])[C@H]3OS(=O)(=O)[O-])[C@H]2OS(=O)(=O)[O-])[C@H]1OS(=O)(=O)[O-])CC(C)(C)C.[Na+].[Na+].[Na+].[Na+].[Na+].[Na+].[Na+].[Na+].[Na+].[Na+].[Na+].[Na+].[Na+].[Na+].[Na+].[Na+]. The number of rotatable bonds is 49. The molecule has 5 aliphatic heterocycles. The van der Waals surface area contributed by atoms with E-state index in [0.29, 0.717) is 0 Å². The minimum atomic E-state index is -7.49. The first kappa shape index (κ1) is 182. The molecule has 0 radical (unpaired) electrons. The molecular formula is C38H52Na16O74S16. The fourth-order valence-electron chi connectivity index (χ4n) is 11.7. The van der Waals surface area contributed by atoms with Crippen molar-refractivity contribution in [3.8, 4) is 0 Å². The van der Waals surface area contributed by atoms with Crippen molar-refractivity contribution in [2.24, 2.45) is 11.3 Å². The molecule has 0 aliphatic carbocycles. The summed E-state index contributed by atoms with van der Waals surface area (Å²) in [4.78, 5) is 0. The molecule has 0 N–H and O–H groups in total. The summed E-state index contributed by atoms with van der Waals surface area (Å²) in [6.45, 7) is -8.06. The van der Waals surface area contributed by atoms with Crippen molar-refractivity contribution in [2.45, 2.75) is 188 Å². The Morgan fingerprint density at radius 3 is 0.486 bits per heavy atom. The van der Waals surface area contributed by atoms with Crippen LogP contribution in [0.15, 0.2) is 0 Å². The molecule has 5 saturated heterocycles. The van der Waals surface area contributed by atoms with Crippen LogP contribution in [0.5, 0.6) is 0 Å². The zero-order valence-electron chi connectivity index (χ0n) is 77.2. The van der Waals surface area contributed by atoms with Crippen molar-refractivity contribution >= 4 is 166 Å². The fraction of sp³-hybridized carbons (Fsp3) is 1.00. The summed E-state index contributed by atoms with van der Waals surface area (Å²) >= 11 is 0. The topological polar surface area (TPSA) is 1160 Å². The van der Waals surface area contributed by atoms with Crippen molar-refractivity contribution < 1.29 is 795 Å². The summed E-state index contributed by atoms with van der Waals surface area (Å²) in [6, 6.07) is 0. The van der Waals surface area contributed by atoms with Crippen molar-refractivity contribution in [3.05, 3.63) is 0 Å². The number of ether oxygens (including phenoxy) is 10. The molecule has 0 bridgehead atoms. The summed E-state index contributed by atoms with van der Waals surface area (Å²) < 4.78 is 718. The van der Waals surface area contributed by atoms with Gasteiger partial charge in [0.25, 0.3) is 0 Å². The van der Waals surface area contributed by atoms with Crippen LogP contribution < -0.4 is 473 Å². The first-order valence-corrected chi connectivity index (χ1v) is 52.8. The van der Waals surface area contributed by atoms with Gasteiger partial charge in [0, 0.05) is 0 Å². The molecule has 0 aromatic heterocycles. The third-order valence-corrected chi connectivity index (χ3v) is 22.2. The van der Waals surface area contributed by atoms with Gasteiger partial charge < -0.3 is 120 Å². The van der Waals surface area contributed by atoms with E-state index in [1.54, 1.807) is 0 Å². The Morgan fingerprint density at radius 2 is 0.333 bits per heavy atom. The minimum absolute atomic E-state index is 0. The monoisotopic (exact) mass is 2570 g/mol. The standard InChI is InChI=1S/C38H68O74S16.16Na/c1-12(5-38(2,3)4)6-87-33-28(108-124(72,73)74)23(18(102-118(54,55)56)13(93-33)7-88-113(39,40)41)98-34-29(109-125(75,76)77)24(19(103-119(57,58)59)14(94-34)8-89-114(42,43)44)99-35-30(110-126(78,79)80)25(20(104-120(60,61)62)15(95-35)9-90-115(45,46)47)100-36-31(111-127(81,82)83)26(21(105-121(63,64)65)16(96-36)10-91-116(48,49)50)101-37-32(112-128(84,85)86)27(107-123(69,70)71)22(106-122(66,67)68)17(97-37)11-92-117(51,52)53;;;;;;;;;;;;;;;;/h12-37H,5-11H2,1-4H3,(H,39,40,41)(H,42,43,44)(H,45,46,47)(H,48,49,50)(H,51,52,53)(H,54,55,56)(H,57,58,59)(H,60,61,62)(H,63,64,65)(H,66,67,68)(H,69,70,71)(H,72,73,74)(H,75,76,77)(H,78,79,80)(H,81,82,83)(H,84,85,86);;;;;;;;;;;;;;;;/q;16*+1/p-16/t12?,13-,14-,15-,16-,17-,18-,19-,20-,21-,22-,23+,24+,25+,26+,27+,28-,29-,30-,31-,32-,33?,34+,35+,36+,37+;;;;;;;;;;;;;;;;/m1................/s1. The minimum Gasteiger partial charge on any atom is -0.726 e. The van der Waals surface area contributed by atoms with E-state index >= 15 is 0 Å². The molecule has 5 rings (SSSR count). The second-order valence-electron chi connectivity index (χ2n) is 25.9. The van der Waals surface area contributed by atoms with Crippen LogP contribution in [0.3, 0.4) is 0 Å². The molecule has 0 aromatic carbocycles. The molecule has 74 nitrogen and oxygen atoms in total. The Bertz CT molecular complexity index is 5870. The molecule has 5 aliphatic rings. The van der Waals surface area contributed by atoms with Gasteiger partial charge in [0.2, 0.25) is 166 Å². The maximum atomic E-state index is 13.2. The molecule has 2 unspecified atom stereocenters. The second kappa shape index (κ2) is 73.8. The molecule has 0 saturated carbocycles. The molecule has 26 atom stereocenters. The van der Waals surface area contributed by atoms with Gasteiger partial charge >= 0.3 is 473 Å². The molecule has 0 spiro atoms. The third-order valence-electron chi connectivity index (χ3n) is 15.0. The van der Waals surface area contributed by atoms with E-state index in [0.717, 1.165) is 0 Å². The summed E-state index contributed by atoms with van der Waals surface area (Å²) in [5.41, 5.74) is -0.809. The van der Waals surface area contributed by atoms with Gasteiger partial charge in [-0.05, 0) is 17.8 Å². The van der Waals surface area contributed by atoms with E-state index in [2.05, 4.69) is 66.9 Å². The average molecular weight is 2570 g/mol. The van der Waals surface area contributed by atoms with Crippen LogP contribution in [-0.2, 0) is 281 Å². The molecule has 0 aromatic rings. The van der Waals surface area contributed by atoms with Crippen molar-refractivity contribution in [3.63, 3.8) is 0 Å². The van der Waals surface area contributed by atoms with Gasteiger partial charge in [0.1, 0.15) is 91.6 Å².